The molecule has 0 aliphatic rings. The summed E-state index contributed by atoms with van der Waals surface area (Å²) in [5, 5.41) is 16.5. The molecule has 0 bridgehead atoms. The summed E-state index contributed by atoms with van der Waals surface area (Å²) in [7, 11) is 0. The molecule has 0 spiro atoms. The largest absolute Gasteiger partial charge is 0.480 e. The van der Waals surface area contributed by atoms with E-state index in [-0.39, 0.29) is 12.8 Å². The highest BCUT2D eigenvalue weighted by Crippen LogP contribution is 2.07. The predicted octanol–water partition coefficient (Wildman–Crippen LogP) is -1.26. The molecule has 0 aliphatic carbocycles. The summed E-state index contributed by atoms with van der Waals surface area (Å²) < 4.78 is 0. The van der Waals surface area contributed by atoms with Crippen molar-refractivity contribution in [2.24, 2.45) is 11.5 Å². The first-order valence-corrected chi connectivity index (χ1v) is 11.6. The maximum absolute atomic E-state index is 13.1. The zero-order valence-corrected chi connectivity index (χ0v) is 19.4. The number of carbonyl (C=O) groups is 5. The zero-order valence-electron chi connectivity index (χ0n) is 18.6. The summed E-state index contributed by atoms with van der Waals surface area (Å²) >= 11 is 1.45. The highest BCUT2D eigenvalue weighted by Gasteiger charge is 2.29. The summed E-state index contributed by atoms with van der Waals surface area (Å²) in [6.45, 7) is 1.31. The van der Waals surface area contributed by atoms with E-state index in [1.807, 2.05) is 6.26 Å². The molecule has 4 unspecified atom stereocenters. The van der Waals surface area contributed by atoms with Crippen LogP contribution in [0.5, 0.6) is 0 Å². The average molecular weight is 482 g/mol. The normalized spacial score (nSPS) is 14.3. The molecule has 1 rings (SSSR count). The van der Waals surface area contributed by atoms with Gasteiger partial charge in [-0.05, 0) is 30.9 Å². The molecule has 4 atom stereocenters. The van der Waals surface area contributed by atoms with Gasteiger partial charge in [0.1, 0.15) is 18.1 Å². The van der Waals surface area contributed by atoms with Gasteiger partial charge in [-0.25, -0.2) is 0 Å². The molecule has 12 heteroatoms. The average Bonchev–Trinajstić information content (AvgIpc) is 2.75. The number of primary amides is 1. The quantitative estimate of drug-likeness (QED) is 0.189. The predicted molar refractivity (Wildman–Crippen MR) is 124 cm³/mol. The SMILES string of the molecule is CSCCC(NC(=O)C(Cc1ccccc1)NC(=O)C(N)CC(N)=O)C(=O)NC(C)C(=O)O. The zero-order chi connectivity index (χ0) is 25.0. The molecule has 0 aliphatic heterocycles. The lowest BCUT2D eigenvalue weighted by atomic mass is 10.0. The van der Waals surface area contributed by atoms with E-state index in [9.17, 15) is 24.0 Å². The fraction of sp³-hybridized carbons (Fsp3) is 0.476. The van der Waals surface area contributed by atoms with Gasteiger partial charge in [0.2, 0.25) is 23.6 Å². The van der Waals surface area contributed by atoms with Gasteiger partial charge in [0.25, 0.3) is 0 Å². The van der Waals surface area contributed by atoms with Crippen LogP contribution in [0, 0.1) is 0 Å². The maximum atomic E-state index is 13.1. The van der Waals surface area contributed by atoms with Crippen molar-refractivity contribution in [2.75, 3.05) is 12.0 Å². The molecular weight excluding hydrogens is 450 g/mol. The number of benzene rings is 1. The van der Waals surface area contributed by atoms with Crippen molar-refractivity contribution >= 4 is 41.4 Å². The lowest BCUT2D eigenvalue weighted by molar-refractivity contribution is -0.141. The summed E-state index contributed by atoms with van der Waals surface area (Å²) in [6.07, 6.45) is 1.79. The molecule has 0 aromatic heterocycles. The molecule has 0 fully saturated rings. The molecule has 1 aromatic rings. The fourth-order valence-electron chi connectivity index (χ4n) is 2.80. The number of nitrogens with two attached hydrogens (primary N) is 2. The first-order chi connectivity index (χ1) is 15.5. The van der Waals surface area contributed by atoms with Crippen molar-refractivity contribution in [1.29, 1.82) is 0 Å². The van der Waals surface area contributed by atoms with Crippen LogP contribution in [-0.2, 0) is 30.4 Å². The molecule has 0 saturated carbocycles. The Morgan fingerprint density at radius 3 is 2.09 bits per heavy atom. The summed E-state index contributed by atoms with van der Waals surface area (Å²) in [4.78, 5) is 60.2. The second-order valence-corrected chi connectivity index (χ2v) is 8.42. The molecule has 8 N–H and O–H groups in total. The smallest absolute Gasteiger partial charge is 0.325 e. The maximum Gasteiger partial charge on any atom is 0.325 e. The van der Waals surface area contributed by atoms with Crippen LogP contribution in [0.4, 0.5) is 0 Å². The van der Waals surface area contributed by atoms with Crippen LogP contribution in [0.25, 0.3) is 0 Å². The van der Waals surface area contributed by atoms with Gasteiger partial charge < -0.3 is 32.5 Å². The van der Waals surface area contributed by atoms with Gasteiger partial charge >= 0.3 is 5.97 Å². The third kappa shape index (κ3) is 10.4. The fourth-order valence-corrected chi connectivity index (χ4v) is 3.27. The van der Waals surface area contributed by atoms with E-state index in [1.54, 1.807) is 30.3 Å². The minimum atomic E-state index is -1.24. The number of aliphatic carboxylic acids is 1. The Hall–Kier alpha value is -3.12. The molecule has 0 saturated heterocycles. The summed E-state index contributed by atoms with van der Waals surface area (Å²) in [5.41, 5.74) is 11.5. The number of carboxylic acids is 1. The molecule has 33 heavy (non-hydrogen) atoms. The Labute approximate surface area is 196 Å². The van der Waals surface area contributed by atoms with Gasteiger partial charge in [-0.1, -0.05) is 30.3 Å². The van der Waals surface area contributed by atoms with E-state index in [0.29, 0.717) is 5.75 Å². The van der Waals surface area contributed by atoms with Crippen molar-refractivity contribution in [3.05, 3.63) is 35.9 Å². The third-order valence-electron chi connectivity index (χ3n) is 4.65. The Balaban J connectivity index is 3.03. The number of hydrogen-bond donors (Lipinski definition) is 6. The highest BCUT2D eigenvalue weighted by atomic mass is 32.2. The summed E-state index contributed by atoms with van der Waals surface area (Å²) in [5.74, 6) is -3.49. The molecule has 1 aromatic carbocycles. The van der Waals surface area contributed by atoms with E-state index in [2.05, 4.69) is 16.0 Å². The number of carboxylic acid groups (broad SMARTS) is 1. The van der Waals surface area contributed by atoms with E-state index in [4.69, 9.17) is 16.6 Å². The van der Waals surface area contributed by atoms with Crippen LogP contribution in [-0.4, -0.2) is 70.9 Å². The third-order valence-corrected chi connectivity index (χ3v) is 5.29. The Morgan fingerprint density at radius 2 is 1.55 bits per heavy atom. The van der Waals surface area contributed by atoms with E-state index >= 15 is 0 Å². The summed E-state index contributed by atoms with van der Waals surface area (Å²) in [6, 6.07) is 4.39. The van der Waals surface area contributed by atoms with E-state index in [1.165, 1.54) is 18.7 Å². The topological polar surface area (TPSA) is 194 Å². The standard InChI is InChI=1S/C21H31N5O6S/c1-12(21(31)32)24-19(29)15(8-9-33-2)25-20(30)16(10-13-6-4-3-5-7-13)26-18(28)14(22)11-17(23)27/h3-7,12,14-16H,8-11,22H2,1-2H3,(H2,23,27)(H,24,29)(H,25,30)(H,26,28)(H,31,32). The minimum Gasteiger partial charge on any atom is -0.480 e. The lowest BCUT2D eigenvalue weighted by Gasteiger charge is -2.24. The monoisotopic (exact) mass is 481 g/mol. The highest BCUT2D eigenvalue weighted by molar-refractivity contribution is 7.98. The van der Waals surface area contributed by atoms with Crippen LogP contribution < -0.4 is 27.4 Å². The van der Waals surface area contributed by atoms with Gasteiger partial charge in [-0.15, -0.1) is 0 Å². The molecule has 11 nitrogen and oxygen atoms in total. The molecule has 0 radical (unpaired) electrons. The first kappa shape index (κ1) is 27.9. The van der Waals surface area contributed by atoms with Gasteiger partial charge in [0, 0.05) is 6.42 Å². The molecular formula is C21H31N5O6S. The molecule has 4 amide bonds. The lowest BCUT2D eigenvalue weighted by Crippen LogP contribution is -2.57. The van der Waals surface area contributed by atoms with Crippen molar-refractivity contribution in [1.82, 2.24) is 16.0 Å². The van der Waals surface area contributed by atoms with Crippen LogP contribution in [0.3, 0.4) is 0 Å². The van der Waals surface area contributed by atoms with Gasteiger partial charge in [0.05, 0.1) is 12.5 Å². The number of rotatable bonds is 14. The van der Waals surface area contributed by atoms with Gasteiger partial charge in [-0.2, -0.15) is 11.8 Å². The Morgan fingerprint density at radius 1 is 0.970 bits per heavy atom. The Bertz CT molecular complexity index is 838. The van der Waals surface area contributed by atoms with Crippen molar-refractivity contribution in [3.63, 3.8) is 0 Å². The van der Waals surface area contributed by atoms with Crippen LogP contribution in [0.2, 0.25) is 0 Å². The second-order valence-electron chi connectivity index (χ2n) is 7.44. The molecule has 0 heterocycles. The van der Waals surface area contributed by atoms with Crippen molar-refractivity contribution in [3.8, 4) is 0 Å². The number of nitrogens with one attached hydrogen (secondary N) is 3. The first-order valence-electron chi connectivity index (χ1n) is 10.3. The van der Waals surface area contributed by atoms with Gasteiger partial charge in [-0.3, -0.25) is 24.0 Å². The van der Waals surface area contributed by atoms with Crippen LogP contribution in [0.1, 0.15) is 25.3 Å². The van der Waals surface area contributed by atoms with Crippen LogP contribution >= 0.6 is 11.8 Å². The number of thioether (sulfide) groups is 1. The molecule has 182 valence electrons. The van der Waals surface area contributed by atoms with Crippen molar-refractivity contribution in [2.45, 2.75) is 50.4 Å². The number of carbonyl (C=O) groups excluding carboxylic acids is 4. The second kappa shape index (κ2) is 14.1. The van der Waals surface area contributed by atoms with Crippen molar-refractivity contribution < 1.29 is 29.1 Å². The van der Waals surface area contributed by atoms with E-state index in [0.717, 1.165) is 5.56 Å². The van der Waals surface area contributed by atoms with Crippen LogP contribution in [0.15, 0.2) is 30.3 Å². The number of hydrogen-bond acceptors (Lipinski definition) is 7. The van der Waals surface area contributed by atoms with Gasteiger partial charge in [0.15, 0.2) is 0 Å². The number of amides is 4. The minimum absolute atomic E-state index is 0.101. The Kier molecular flexibility index (Phi) is 11.9. The van der Waals surface area contributed by atoms with E-state index < -0.39 is 60.2 Å².